The van der Waals surface area contributed by atoms with Crippen molar-refractivity contribution in [2.45, 2.75) is 12.5 Å². The summed E-state index contributed by atoms with van der Waals surface area (Å²) in [6.07, 6.45) is 3.51. The minimum atomic E-state index is -0.927. The highest BCUT2D eigenvalue weighted by molar-refractivity contribution is 6.00. The summed E-state index contributed by atoms with van der Waals surface area (Å²) in [5, 5.41) is 6.49. The molecule has 3 aromatic heterocycles. The van der Waals surface area contributed by atoms with E-state index in [1.165, 1.54) is 0 Å². The second kappa shape index (κ2) is 8.72. The third-order valence-electron chi connectivity index (χ3n) is 4.89. The predicted molar refractivity (Wildman–Crippen MR) is 119 cm³/mol. The molecule has 1 atom stereocenters. The number of pyridine rings is 2. The molecule has 162 valence electrons. The first-order valence-corrected chi connectivity index (χ1v) is 9.71. The number of benzene rings is 1. The third kappa shape index (κ3) is 4.33. The van der Waals surface area contributed by atoms with Crippen LogP contribution in [0.25, 0.3) is 11.0 Å². The van der Waals surface area contributed by atoms with Crippen molar-refractivity contribution < 1.29 is 14.0 Å². The maximum absolute atomic E-state index is 14.8. The molecule has 4 aromatic rings. The first-order valence-electron chi connectivity index (χ1n) is 9.71. The molecule has 0 spiro atoms. The highest BCUT2D eigenvalue weighted by Crippen LogP contribution is 2.28. The molecule has 0 saturated carbocycles. The molecule has 0 radical (unpaired) electrons. The summed E-state index contributed by atoms with van der Waals surface area (Å²) in [6.45, 7) is 0. The normalized spacial score (nSPS) is 11.8. The van der Waals surface area contributed by atoms with Gasteiger partial charge in [-0.1, -0.05) is 30.3 Å². The van der Waals surface area contributed by atoms with Crippen molar-refractivity contribution >= 4 is 40.2 Å². The van der Waals surface area contributed by atoms with E-state index in [1.54, 1.807) is 24.5 Å². The molecule has 0 aliphatic rings. The van der Waals surface area contributed by atoms with Gasteiger partial charge in [-0.2, -0.15) is 0 Å². The Labute approximate surface area is 182 Å². The first-order chi connectivity index (χ1) is 15.4. The van der Waals surface area contributed by atoms with Gasteiger partial charge < -0.3 is 27.1 Å². The van der Waals surface area contributed by atoms with E-state index in [-0.39, 0.29) is 23.6 Å². The number of hydrogen-bond donors (Lipinski definition) is 5. The smallest absolute Gasteiger partial charge is 0.252 e. The summed E-state index contributed by atoms with van der Waals surface area (Å²) in [6, 6.07) is 12.7. The Hall–Kier alpha value is -4.47. The van der Waals surface area contributed by atoms with E-state index in [9.17, 15) is 14.0 Å². The van der Waals surface area contributed by atoms with E-state index in [4.69, 9.17) is 11.5 Å². The fourth-order valence-corrected chi connectivity index (χ4v) is 3.31. The van der Waals surface area contributed by atoms with Gasteiger partial charge in [0.1, 0.15) is 17.5 Å². The van der Waals surface area contributed by atoms with Crippen LogP contribution in [0.3, 0.4) is 0 Å². The molecule has 0 aliphatic carbocycles. The van der Waals surface area contributed by atoms with E-state index in [2.05, 4.69) is 25.6 Å². The molecule has 0 saturated heterocycles. The zero-order valence-corrected chi connectivity index (χ0v) is 16.8. The molecule has 3 heterocycles. The minimum absolute atomic E-state index is 0.0260. The van der Waals surface area contributed by atoms with Gasteiger partial charge in [-0.05, 0) is 23.8 Å². The number of rotatable bonds is 8. The molecule has 1 aromatic carbocycles. The highest BCUT2D eigenvalue weighted by Gasteiger charge is 2.22. The fourth-order valence-electron chi connectivity index (χ4n) is 3.31. The van der Waals surface area contributed by atoms with E-state index < -0.39 is 23.7 Å². The highest BCUT2D eigenvalue weighted by atomic mass is 19.1. The van der Waals surface area contributed by atoms with Gasteiger partial charge in [0.2, 0.25) is 5.91 Å². The Kier molecular flexibility index (Phi) is 5.67. The summed E-state index contributed by atoms with van der Waals surface area (Å²) >= 11 is 0. The number of hydrogen-bond acceptors (Lipinski definition) is 6. The van der Waals surface area contributed by atoms with Gasteiger partial charge in [-0.25, -0.2) is 14.4 Å². The molecular weight excluding hydrogens is 413 g/mol. The fraction of sp³-hybridized carbons (Fsp3) is 0.0909. The molecule has 2 amide bonds. The number of nitrogens with zero attached hydrogens (tertiary/aromatic N) is 2. The number of carbonyl (C=O) groups excluding carboxylic acids is 2. The van der Waals surface area contributed by atoms with Crippen LogP contribution < -0.4 is 22.1 Å². The van der Waals surface area contributed by atoms with Crippen LogP contribution in [-0.4, -0.2) is 32.8 Å². The van der Waals surface area contributed by atoms with Gasteiger partial charge in [-0.15, -0.1) is 0 Å². The van der Waals surface area contributed by atoms with Crippen molar-refractivity contribution in [3.05, 3.63) is 77.9 Å². The van der Waals surface area contributed by atoms with E-state index in [0.29, 0.717) is 11.3 Å². The van der Waals surface area contributed by atoms with Crippen LogP contribution >= 0.6 is 0 Å². The summed E-state index contributed by atoms with van der Waals surface area (Å²) in [5.41, 5.74) is 12.8. The largest absolute Gasteiger partial charge is 0.368 e. The van der Waals surface area contributed by atoms with Gasteiger partial charge >= 0.3 is 0 Å². The molecule has 0 unspecified atom stereocenters. The lowest BCUT2D eigenvalue weighted by Gasteiger charge is -2.18. The number of amides is 2. The van der Waals surface area contributed by atoms with Crippen LogP contribution in [0.5, 0.6) is 0 Å². The lowest BCUT2D eigenvalue weighted by molar-refractivity contribution is -0.118. The van der Waals surface area contributed by atoms with Gasteiger partial charge in [0.15, 0.2) is 11.6 Å². The monoisotopic (exact) mass is 433 g/mol. The van der Waals surface area contributed by atoms with Gasteiger partial charge in [-0.3, -0.25) is 9.59 Å². The predicted octanol–water partition coefficient (Wildman–Crippen LogP) is 2.45. The second-order valence-corrected chi connectivity index (χ2v) is 7.09. The van der Waals surface area contributed by atoms with E-state index in [1.807, 2.05) is 30.3 Å². The topological polar surface area (TPSA) is 152 Å². The Morgan fingerprint density at radius 1 is 1.09 bits per heavy atom. The van der Waals surface area contributed by atoms with Crippen LogP contribution in [0.2, 0.25) is 0 Å². The van der Waals surface area contributed by atoms with Crippen molar-refractivity contribution in [2.75, 3.05) is 10.6 Å². The molecule has 9 nitrogen and oxygen atoms in total. The van der Waals surface area contributed by atoms with Crippen molar-refractivity contribution in [1.82, 2.24) is 15.0 Å². The Bertz CT molecular complexity index is 1290. The summed E-state index contributed by atoms with van der Waals surface area (Å²) in [7, 11) is 0. The van der Waals surface area contributed by atoms with Crippen molar-refractivity contribution in [2.24, 2.45) is 11.5 Å². The quantitative estimate of drug-likeness (QED) is 0.288. The number of primary amides is 2. The lowest BCUT2D eigenvalue weighted by Crippen LogP contribution is -2.38. The van der Waals surface area contributed by atoms with Crippen LogP contribution in [-0.2, 0) is 11.2 Å². The van der Waals surface area contributed by atoms with E-state index in [0.717, 1.165) is 17.0 Å². The lowest BCUT2D eigenvalue weighted by atomic mass is 10.1. The Morgan fingerprint density at radius 3 is 2.59 bits per heavy atom. The standard InChI is InChI=1S/C22H20FN7O2/c23-15-11-14(18(24)31)21(28-16-7-9-27-20-13(16)6-8-26-20)30-22(15)29-17(19(25)32)10-12-4-2-1-3-5-12/h1-9,11,17H,10H2,(H2,24,31)(H2,25,32)(H3,26,27,28,29,30)/t17-/m1/s1. The number of aromatic amines is 1. The molecule has 10 heteroatoms. The number of carbonyl (C=O) groups is 2. The summed E-state index contributed by atoms with van der Waals surface area (Å²) in [4.78, 5) is 35.3. The number of anilines is 3. The Balaban J connectivity index is 1.69. The zero-order valence-electron chi connectivity index (χ0n) is 16.8. The summed E-state index contributed by atoms with van der Waals surface area (Å²) < 4.78 is 14.8. The van der Waals surface area contributed by atoms with Crippen molar-refractivity contribution in [3.8, 4) is 0 Å². The third-order valence-corrected chi connectivity index (χ3v) is 4.89. The maximum atomic E-state index is 14.8. The number of aromatic nitrogens is 3. The van der Waals surface area contributed by atoms with Crippen LogP contribution in [0.4, 0.5) is 21.7 Å². The van der Waals surface area contributed by atoms with Crippen LogP contribution in [0.15, 0.2) is 60.9 Å². The molecule has 0 fully saturated rings. The van der Waals surface area contributed by atoms with Gasteiger partial charge in [0.05, 0.1) is 11.3 Å². The summed E-state index contributed by atoms with van der Waals surface area (Å²) in [5.74, 6) is -2.59. The molecule has 0 aliphatic heterocycles. The number of nitrogens with one attached hydrogen (secondary N) is 3. The van der Waals surface area contributed by atoms with Gasteiger partial charge in [0.25, 0.3) is 5.91 Å². The number of nitrogens with two attached hydrogens (primary N) is 2. The number of H-pyrrole nitrogens is 1. The second-order valence-electron chi connectivity index (χ2n) is 7.09. The SMILES string of the molecule is NC(=O)c1cc(F)c(N[C@H](Cc2ccccc2)C(N)=O)nc1Nc1ccnc2[nH]ccc12. The maximum Gasteiger partial charge on any atom is 0.252 e. The van der Waals surface area contributed by atoms with Gasteiger partial charge in [0, 0.05) is 24.2 Å². The van der Waals surface area contributed by atoms with E-state index >= 15 is 0 Å². The molecular formula is C22H20FN7O2. The number of halogens is 1. The first kappa shape index (κ1) is 20.8. The number of fused-ring (bicyclic) bond motifs is 1. The Morgan fingerprint density at radius 2 is 1.88 bits per heavy atom. The average Bonchev–Trinajstić information content (AvgIpc) is 3.25. The minimum Gasteiger partial charge on any atom is -0.368 e. The van der Waals surface area contributed by atoms with Crippen LogP contribution in [0, 0.1) is 5.82 Å². The molecule has 7 N–H and O–H groups in total. The molecule has 4 rings (SSSR count). The molecule has 32 heavy (non-hydrogen) atoms. The van der Waals surface area contributed by atoms with Crippen molar-refractivity contribution in [1.29, 1.82) is 0 Å². The molecule has 0 bridgehead atoms. The average molecular weight is 433 g/mol. The zero-order chi connectivity index (χ0) is 22.7. The van der Waals surface area contributed by atoms with Crippen LogP contribution in [0.1, 0.15) is 15.9 Å². The van der Waals surface area contributed by atoms with Crippen molar-refractivity contribution in [3.63, 3.8) is 0 Å².